The van der Waals surface area contributed by atoms with E-state index in [9.17, 15) is 4.79 Å². The Kier molecular flexibility index (Phi) is 4.43. The molecule has 7 nitrogen and oxygen atoms in total. The number of carbonyl (C=O) groups excluding carboxylic acids is 1. The van der Waals surface area contributed by atoms with E-state index >= 15 is 0 Å². The van der Waals surface area contributed by atoms with Gasteiger partial charge in [0, 0.05) is 30.0 Å². The number of hydrogen-bond donors (Lipinski definition) is 1. The number of hydrogen-bond acceptors (Lipinski definition) is 6. The van der Waals surface area contributed by atoms with Gasteiger partial charge in [-0.2, -0.15) is 5.10 Å². The van der Waals surface area contributed by atoms with Crippen LogP contribution in [0.3, 0.4) is 0 Å². The van der Waals surface area contributed by atoms with Gasteiger partial charge in [0.1, 0.15) is 6.04 Å². The molecule has 1 amide bonds. The molecule has 4 rings (SSSR count). The van der Waals surface area contributed by atoms with E-state index in [0.29, 0.717) is 25.6 Å². The van der Waals surface area contributed by atoms with Crippen molar-refractivity contribution in [1.29, 1.82) is 0 Å². The van der Waals surface area contributed by atoms with Crippen LogP contribution in [0.1, 0.15) is 16.6 Å². The Bertz CT molecular complexity index is 832. The standard InChI is InChI=1S/C17H18N6OS/c24-16(18-8-5-14-3-1-10-25-14)15-12-22(17-19-6-2-7-20-17)11-13-4-9-21-23(13)15/h1-4,6-7,9-10,15H,5,8,11-12H2,(H,18,24). The molecule has 4 heterocycles. The van der Waals surface area contributed by atoms with Gasteiger partial charge in [-0.15, -0.1) is 11.3 Å². The SMILES string of the molecule is O=C(NCCc1cccs1)C1CN(c2ncccn2)Cc2ccnn21. The van der Waals surface area contributed by atoms with Crippen LogP contribution in [0.25, 0.3) is 0 Å². The summed E-state index contributed by atoms with van der Waals surface area (Å²) in [5.74, 6) is 0.605. The van der Waals surface area contributed by atoms with E-state index in [0.717, 1.165) is 12.1 Å². The number of carbonyl (C=O) groups is 1. The van der Waals surface area contributed by atoms with Crippen molar-refractivity contribution in [3.63, 3.8) is 0 Å². The quantitative estimate of drug-likeness (QED) is 0.754. The van der Waals surface area contributed by atoms with Gasteiger partial charge >= 0.3 is 0 Å². The van der Waals surface area contributed by atoms with Crippen LogP contribution in [-0.4, -0.2) is 38.7 Å². The van der Waals surface area contributed by atoms with Gasteiger partial charge in [0.05, 0.1) is 18.8 Å². The first-order valence-electron chi connectivity index (χ1n) is 8.16. The molecule has 25 heavy (non-hydrogen) atoms. The number of nitrogens with one attached hydrogen (secondary N) is 1. The average Bonchev–Trinajstić information content (AvgIpc) is 3.33. The Labute approximate surface area is 149 Å². The molecular weight excluding hydrogens is 336 g/mol. The van der Waals surface area contributed by atoms with Crippen LogP contribution in [0.5, 0.6) is 0 Å². The highest BCUT2D eigenvalue weighted by Crippen LogP contribution is 2.23. The molecule has 1 N–H and O–H groups in total. The van der Waals surface area contributed by atoms with Gasteiger partial charge < -0.3 is 10.2 Å². The van der Waals surface area contributed by atoms with Gasteiger partial charge in [0.15, 0.2) is 0 Å². The largest absolute Gasteiger partial charge is 0.354 e. The highest BCUT2D eigenvalue weighted by molar-refractivity contribution is 7.09. The normalized spacial score (nSPS) is 16.5. The minimum absolute atomic E-state index is 0.0258. The molecule has 1 atom stereocenters. The van der Waals surface area contributed by atoms with Crippen molar-refractivity contribution in [2.24, 2.45) is 0 Å². The van der Waals surface area contributed by atoms with Crippen LogP contribution >= 0.6 is 11.3 Å². The molecular formula is C17H18N6OS. The number of thiophene rings is 1. The minimum Gasteiger partial charge on any atom is -0.354 e. The summed E-state index contributed by atoms with van der Waals surface area (Å²) >= 11 is 1.70. The maximum Gasteiger partial charge on any atom is 0.246 e. The highest BCUT2D eigenvalue weighted by atomic mass is 32.1. The van der Waals surface area contributed by atoms with Gasteiger partial charge in [-0.1, -0.05) is 6.07 Å². The molecule has 0 bridgehead atoms. The molecule has 0 saturated heterocycles. The molecule has 0 saturated carbocycles. The Morgan fingerprint density at radius 3 is 2.92 bits per heavy atom. The summed E-state index contributed by atoms with van der Waals surface area (Å²) in [5.41, 5.74) is 0.983. The smallest absolute Gasteiger partial charge is 0.246 e. The van der Waals surface area contributed by atoms with Crippen LogP contribution in [0.2, 0.25) is 0 Å². The van der Waals surface area contributed by atoms with Gasteiger partial charge in [-0.05, 0) is 30.0 Å². The van der Waals surface area contributed by atoms with E-state index in [2.05, 4.69) is 26.4 Å². The fourth-order valence-electron chi connectivity index (χ4n) is 2.98. The van der Waals surface area contributed by atoms with Crippen molar-refractivity contribution in [3.8, 4) is 0 Å². The fourth-order valence-corrected chi connectivity index (χ4v) is 3.69. The van der Waals surface area contributed by atoms with Gasteiger partial charge in [0.2, 0.25) is 11.9 Å². The third kappa shape index (κ3) is 3.39. The lowest BCUT2D eigenvalue weighted by Crippen LogP contribution is -2.46. The first kappa shape index (κ1) is 15.8. The van der Waals surface area contributed by atoms with E-state index in [1.54, 1.807) is 40.7 Å². The molecule has 1 unspecified atom stereocenters. The van der Waals surface area contributed by atoms with Crippen LogP contribution in [0.4, 0.5) is 5.95 Å². The van der Waals surface area contributed by atoms with Crippen molar-refractivity contribution in [2.45, 2.75) is 19.0 Å². The van der Waals surface area contributed by atoms with Gasteiger partial charge in [0.25, 0.3) is 0 Å². The van der Waals surface area contributed by atoms with Crippen molar-refractivity contribution in [1.82, 2.24) is 25.1 Å². The molecule has 0 radical (unpaired) electrons. The minimum atomic E-state index is -0.383. The maximum atomic E-state index is 12.7. The zero-order valence-electron chi connectivity index (χ0n) is 13.6. The number of aromatic nitrogens is 4. The third-order valence-electron chi connectivity index (χ3n) is 4.18. The molecule has 0 fully saturated rings. The number of rotatable bonds is 5. The molecule has 0 spiro atoms. The molecule has 8 heteroatoms. The predicted octanol–water partition coefficient (Wildman–Crippen LogP) is 1.65. The van der Waals surface area contributed by atoms with E-state index in [1.807, 2.05) is 22.4 Å². The first-order chi connectivity index (χ1) is 12.3. The van der Waals surface area contributed by atoms with Crippen molar-refractivity contribution in [3.05, 3.63) is 58.8 Å². The number of amides is 1. The Hall–Kier alpha value is -2.74. The van der Waals surface area contributed by atoms with Crippen LogP contribution in [0.15, 0.2) is 48.2 Å². The predicted molar refractivity (Wildman–Crippen MR) is 95.4 cm³/mol. The number of nitrogens with zero attached hydrogens (tertiary/aromatic N) is 5. The lowest BCUT2D eigenvalue weighted by atomic mass is 10.2. The molecule has 128 valence electrons. The first-order valence-corrected chi connectivity index (χ1v) is 9.03. The molecule has 0 aromatic carbocycles. The Balaban J connectivity index is 1.47. The van der Waals surface area contributed by atoms with Crippen molar-refractivity contribution < 1.29 is 4.79 Å². The summed E-state index contributed by atoms with van der Waals surface area (Å²) in [4.78, 5) is 24.6. The molecule has 1 aliphatic rings. The van der Waals surface area contributed by atoms with E-state index in [-0.39, 0.29) is 11.9 Å². The van der Waals surface area contributed by atoms with E-state index < -0.39 is 0 Å². The average molecular weight is 354 g/mol. The van der Waals surface area contributed by atoms with Crippen molar-refractivity contribution in [2.75, 3.05) is 18.0 Å². The Morgan fingerprint density at radius 1 is 1.24 bits per heavy atom. The second-order valence-corrected chi connectivity index (χ2v) is 6.86. The Morgan fingerprint density at radius 2 is 2.12 bits per heavy atom. The van der Waals surface area contributed by atoms with Gasteiger partial charge in [-0.3, -0.25) is 9.48 Å². The summed E-state index contributed by atoms with van der Waals surface area (Å²) < 4.78 is 1.81. The van der Waals surface area contributed by atoms with Crippen LogP contribution < -0.4 is 10.2 Å². The van der Waals surface area contributed by atoms with E-state index in [1.165, 1.54) is 4.88 Å². The van der Waals surface area contributed by atoms with Crippen LogP contribution in [0, 0.1) is 0 Å². The lowest BCUT2D eigenvalue weighted by Gasteiger charge is -2.33. The number of anilines is 1. The summed E-state index contributed by atoms with van der Waals surface area (Å²) in [6.07, 6.45) is 6.00. The monoisotopic (exact) mass is 354 g/mol. The molecule has 3 aromatic rings. The summed E-state index contributed by atoms with van der Waals surface area (Å²) in [7, 11) is 0. The van der Waals surface area contributed by atoms with Crippen LogP contribution in [-0.2, 0) is 17.8 Å². The zero-order valence-corrected chi connectivity index (χ0v) is 14.4. The van der Waals surface area contributed by atoms with E-state index in [4.69, 9.17) is 0 Å². The number of fused-ring (bicyclic) bond motifs is 1. The molecule has 3 aromatic heterocycles. The summed E-state index contributed by atoms with van der Waals surface area (Å²) in [5, 5.41) is 9.42. The van der Waals surface area contributed by atoms with Gasteiger partial charge in [-0.25, -0.2) is 9.97 Å². The third-order valence-corrected chi connectivity index (χ3v) is 5.12. The molecule has 1 aliphatic heterocycles. The highest BCUT2D eigenvalue weighted by Gasteiger charge is 2.31. The zero-order chi connectivity index (χ0) is 17.1. The molecule has 0 aliphatic carbocycles. The maximum absolute atomic E-state index is 12.7. The lowest BCUT2D eigenvalue weighted by molar-refractivity contribution is -0.124. The fraction of sp³-hybridized carbons (Fsp3) is 0.294. The topological polar surface area (TPSA) is 75.9 Å². The second kappa shape index (κ2) is 7.02. The second-order valence-electron chi connectivity index (χ2n) is 5.83. The summed E-state index contributed by atoms with van der Waals surface area (Å²) in [6, 6.07) is 7.44. The summed E-state index contributed by atoms with van der Waals surface area (Å²) in [6.45, 7) is 1.76. The van der Waals surface area contributed by atoms with Crippen molar-refractivity contribution >= 4 is 23.2 Å².